The van der Waals surface area contributed by atoms with Gasteiger partial charge in [0.15, 0.2) is 0 Å². The molecule has 0 saturated heterocycles. The van der Waals surface area contributed by atoms with Gasteiger partial charge in [0.05, 0.1) is 18.4 Å². The zero-order valence-electron chi connectivity index (χ0n) is 13.4. The third kappa shape index (κ3) is 3.18. The molecule has 1 aromatic rings. The van der Waals surface area contributed by atoms with Gasteiger partial charge in [0, 0.05) is 19.2 Å². The second kappa shape index (κ2) is 6.47. The fourth-order valence-electron chi connectivity index (χ4n) is 3.31. The molecule has 2 N–H and O–H groups in total. The second-order valence-corrected chi connectivity index (χ2v) is 6.36. The van der Waals surface area contributed by atoms with Crippen molar-refractivity contribution in [3.05, 3.63) is 41.6 Å². The molecule has 2 amide bonds. The molecule has 1 saturated carbocycles. The van der Waals surface area contributed by atoms with Gasteiger partial charge in [0.2, 0.25) is 11.8 Å². The first-order chi connectivity index (χ1) is 11.5. The van der Waals surface area contributed by atoms with Gasteiger partial charge in [-0.2, -0.15) is 0 Å². The van der Waals surface area contributed by atoms with E-state index in [9.17, 15) is 14.4 Å². The SMILES string of the molecule is CC(=O)N1C=Cc2ccccc2C1CC(=O)NC1CC(C(=O)O)C1. The van der Waals surface area contributed by atoms with Gasteiger partial charge in [0.25, 0.3) is 0 Å². The fraction of sp³-hybridized carbons (Fsp3) is 0.389. The van der Waals surface area contributed by atoms with Crippen LogP contribution in [0, 0.1) is 5.92 Å². The molecule has 0 bridgehead atoms. The van der Waals surface area contributed by atoms with E-state index in [1.807, 2.05) is 30.3 Å². The number of carbonyl (C=O) groups is 3. The highest BCUT2D eigenvalue weighted by molar-refractivity contribution is 5.82. The Morgan fingerprint density at radius 1 is 1.25 bits per heavy atom. The number of rotatable bonds is 4. The Morgan fingerprint density at radius 3 is 2.62 bits per heavy atom. The minimum atomic E-state index is -0.811. The highest BCUT2D eigenvalue weighted by Crippen LogP contribution is 2.33. The quantitative estimate of drug-likeness (QED) is 0.884. The van der Waals surface area contributed by atoms with Gasteiger partial charge in [0.1, 0.15) is 0 Å². The van der Waals surface area contributed by atoms with Crippen molar-refractivity contribution in [2.75, 3.05) is 0 Å². The summed E-state index contributed by atoms with van der Waals surface area (Å²) < 4.78 is 0. The highest BCUT2D eigenvalue weighted by atomic mass is 16.4. The van der Waals surface area contributed by atoms with Crippen LogP contribution < -0.4 is 5.32 Å². The lowest BCUT2D eigenvalue weighted by Gasteiger charge is -2.35. The maximum absolute atomic E-state index is 12.3. The zero-order valence-corrected chi connectivity index (χ0v) is 13.4. The molecule has 1 fully saturated rings. The summed E-state index contributed by atoms with van der Waals surface area (Å²) in [4.78, 5) is 36.6. The first-order valence-corrected chi connectivity index (χ1v) is 8.04. The molecule has 1 aromatic carbocycles. The number of aliphatic carboxylic acids is 1. The zero-order chi connectivity index (χ0) is 17.3. The van der Waals surface area contributed by atoms with Gasteiger partial charge in [-0.1, -0.05) is 24.3 Å². The number of nitrogens with zero attached hydrogens (tertiary/aromatic N) is 1. The number of fused-ring (bicyclic) bond motifs is 1. The Labute approximate surface area is 140 Å². The van der Waals surface area contributed by atoms with Crippen molar-refractivity contribution < 1.29 is 19.5 Å². The monoisotopic (exact) mass is 328 g/mol. The summed E-state index contributed by atoms with van der Waals surface area (Å²) >= 11 is 0. The van der Waals surface area contributed by atoms with E-state index in [4.69, 9.17) is 5.11 Å². The molecule has 1 aliphatic heterocycles. The van der Waals surface area contributed by atoms with Crippen molar-refractivity contribution >= 4 is 23.9 Å². The van der Waals surface area contributed by atoms with Gasteiger partial charge >= 0.3 is 5.97 Å². The molecule has 6 heteroatoms. The molecule has 2 aliphatic rings. The van der Waals surface area contributed by atoms with E-state index in [0.717, 1.165) is 11.1 Å². The Hall–Kier alpha value is -2.63. The normalized spacial score (nSPS) is 24.7. The average Bonchev–Trinajstić information content (AvgIpc) is 2.50. The molecule has 1 heterocycles. The summed E-state index contributed by atoms with van der Waals surface area (Å²) in [5.41, 5.74) is 1.95. The number of amides is 2. The van der Waals surface area contributed by atoms with Crippen LogP contribution in [0.2, 0.25) is 0 Å². The number of carboxylic acids is 1. The summed E-state index contributed by atoms with van der Waals surface area (Å²) in [6.07, 6.45) is 4.69. The minimum Gasteiger partial charge on any atom is -0.481 e. The molecule has 1 atom stereocenters. The summed E-state index contributed by atoms with van der Waals surface area (Å²) in [6.45, 7) is 1.48. The van der Waals surface area contributed by atoms with Crippen molar-refractivity contribution in [1.82, 2.24) is 10.2 Å². The molecule has 0 aromatic heterocycles. The van der Waals surface area contributed by atoms with Crippen LogP contribution in [0.15, 0.2) is 30.5 Å². The van der Waals surface area contributed by atoms with Crippen LogP contribution in [0.25, 0.3) is 6.08 Å². The lowest BCUT2D eigenvalue weighted by molar-refractivity contribution is -0.146. The number of nitrogens with one attached hydrogen (secondary N) is 1. The third-order valence-corrected chi connectivity index (χ3v) is 4.70. The van der Waals surface area contributed by atoms with Gasteiger partial charge in [-0.3, -0.25) is 14.4 Å². The highest BCUT2D eigenvalue weighted by Gasteiger charge is 2.36. The summed E-state index contributed by atoms with van der Waals surface area (Å²) in [5.74, 6) is -1.45. The Balaban J connectivity index is 1.68. The van der Waals surface area contributed by atoms with Gasteiger partial charge < -0.3 is 15.3 Å². The van der Waals surface area contributed by atoms with E-state index in [2.05, 4.69) is 5.32 Å². The number of benzene rings is 1. The first kappa shape index (κ1) is 16.2. The van der Waals surface area contributed by atoms with Crippen molar-refractivity contribution in [3.63, 3.8) is 0 Å². The molecule has 0 spiro atoms. The van der Waals surface area contributed by atoms with E-state index < -0.39 is 5.97 Å². The second-order valence-electron chi connectivity index (χ2n) is 6.36. The molecule has 3 rings (SSSR count). The predicted octanol–water partition coefficient (Wildman–Crippen LogP) is 1.93. The van der Waals surface area contributed by atoms with E-state index in [1.165, 1.54) is 6.92 Å². The maximum atomic E-state index is 12.3. The molecule has 1 unspecified atom stereocenters. The van der Waals surface area contributed by atoms with Crippen molar-refractivity contribution in [1.29, 1.82) is 0 Å². The lowest BCUT2D eigenvalue weighted by Crippen LogP contribution is -2.47. The minimum absolute atomic E-state index is 0.0845. The largest absolute Gasteiger partial charge is 0.481 e. The van der Waals surface area contributed by atoms with E-state index in [-0.39, 0.29) is 36.2 Å². The van der Waals surface area contributed by atoms with Crippen molar-refractivity contribution in [2.24, 2.45) is 5.92 Å². The molecule has 126 valence electrons. The standard InChI is InChI=1S/C18H20N2O4/c1-11(21)20-7-6-12-4-2-3-5-15(12)16(20)10-17(22)19-14-8-13(9-14)18(23)24/h2-7,13-14,16H,8-10H2,1H3,(H,19,22)(H,23,24). The predicted molar refractivity (Wildman–Crippen MR) is 87.6 cm³/mol. The van der Waals surface area contributed by atoms with Crippen LogP contribution in [-0.2, 0) is 14.4 Å². The molecule has 0 radical (unpaired) electrons. The molecule has 1 aliphatic carbocycles. The fourth-order valence-corrected chi connectivity index (χ4v) is 3.31. The van der Waals surface area contributed by atoms with E-state index in [0.29, 0.717) is 12.8 Å². The number of carbonyl (C=O) groups excluding carboxylic acids is 2. The maximum Gasteiger partial charge on any atom is 0.306 e. The van der Waals surface area contributed by atoms with Gasteiger partial charge in [-0.05, 0) is 30.0 Å². The van der Waals surface area contributed by atoms with Crippen molar-refractivity contribution in [2.45, 2.75) is 38.3 Å². The lowest BCUT2D eigenvalue weighted by atomic mass is 9.80. The molecule has 6 nitrogen and oxygen atoms in total. The van der Waals surface area contributed by atoms with Gasteiger partial charge in [-0.25, -0.2) is 0 Å². The molecule has 24 heavy (non-hydrogen) atoms. The number of hydrogen-bond acceptors (Lipinski definition) is 3. The van der Waals surface area contributed by atoms with Crippen LogP contribution in [0.1, 0.15) is 43.4 Å². The van der Waals surface area contributed by atoms with Gasteiger partial charge in [-0.15, -0.1) is 0 Å². The Morgan fingerprint density at radius 2 is 1.96 bits per heavy atom. The smallest absolute Gasteiger partial charge is 0.306 e. The summed E-state index contributed by atoms with van der Waals surface area (Å²) in [5, 5.41) is 11.8. The Kier molecular flexibility index (Phi) is 4.38. The van der Waals surface area contributed by atoms with E-state index in [1.54, 1.807) is 11.1 Å². The summed E-state index contributed by atoms with van der Waals surface area (Å²) in [7, 11) is 0. The molecular formula is C18H20N2O4. The van der Waals surface area contributed by atoms with Crippen LogP contribution in [0.5, 0.6) is 0 Å². The summed E-state index contributed by atoms with van der Waals surface area (Å²) in [6, 6.07) is 7.28. The number of hydrogen-bond donors (Lipinski definition) is 2. The van der Waals surface area contributed by atoms with Crippen LogP contribution in [0.4, 0.5) is 0 Å². The van der Waals surface area contributed by atoms with Crippen LogP contribution in [-0.4, -0.2) is 33.8 Å². The van der Waals surface area contributed by atoms with Crippen molar-refractivity contribution in [3.8, 4) is 0 Å². The first-order valence-electron chi connectivity index (χ1n) is 8.04. The van der Waals surface area contributed by atoms with E-state index >= 15 is 0 Å². The third-order valence-electron chi connectivity index (χ3n) is 4.70. The van der Waals surface area contributed by atoms with Crippen LogP contribution >= 0.6 is 0 Å². The topological polar surface area (TPSA) is 86.7 Å². The average molecular weight is 328 g/mol. The number of carboxylic acid groups (broad SMARTS) is 1. The van der Waals surface area contributed by atoms with Crippen LogP contribution in [0.3, 0.4) is 0 Å². The molecular weight excluding hydrogens is 308 g/mol. The Bertz CT molecular complexity index is 707.